The van der Waals surface area contributed by atoms with Crippen molar-refractivity contribution >= 4 is 46.1 Å². The third-order valence-corrected chi connectivity index (χ3v) is 7.28. The van der Waals surface area contributed by atoms with Gasteiger partial charge in [0.05, 0.1) is 0 Å². The maximum absolute atomic E-state index is 12.6. The van der Waals surface area contributed by atoms with Crippen molar-refractivity contribution < 1.29 is 9.59 Å². The maximum atomic E-state index is 12.6. The molecule has 3 aromatic rings. The van der Waals surface area contributed by atoms with Gasteiger partial charge < -0.3 is 10.2 Å². The van der Waals surface area contributed by atoms with E-state index in [1.54, 1.807) is 22.7 Å². The molecule has 2 heterocycles. The third-order valence-electron chi connectivity index (χ3n) is 5.24. The second kappa shape index (κ2) is 11.1. The van der Waals surface area contributed by atoms with Crippen LogP contribution in [0.5, 0.6) is 0 Å². The van der Waals surface area contributed by atoms with Gasteiger partial charge in [-0.3, -0.25) is 9.59 Å². The summed E-state index contributed by atoms with van der Waals surface area (Å²) in [6.07, 6.45) is 4.71. The Hall–Kier alpha value is -2.97. The molecule has 8 heteroatoms. The highest BCUT2D eigenvalue weighted by molar-refractivity contribution is 8.00. The van der Waals surface area contributed by atoms with E-state index in [2.05, 4.69) is 27.6 Å². The molecule has 1 N–H and O–H groups in total. The number of carbonyl (C=O) groups is 2. The molecule has 6 nitrogen and oxygen atoms in total. The molecule has 1 aliphatic heterocycles. The van der Waals surface area contributed by atoms with Crippen molar-refractivity contribution in [2.45, 2.75) is 22.9 Å². The highest BCUT2D eigenvalue weighted by atomic mass is 32.2. The summed E-state index contributed by atoms with van der Waals surface area (Å²) in [5.74, 6) is 0.625. The summed E-state index contributed by atoms with van der Waals surface area (Å²) in [4.78, 5) is 26.9. The molecule has 1 saturated heterocycles. The molecule has 1 aliphatic rings. The Morgan fingerprint density at radius 3 is 2.44 bits per heavy atom. The van der Waals surface area contributed by atoms with Gasteiger partial charge >= 0.3 is 0 Å². The quantitative estimate of drug-likeness (QED) is 0.311. The summed E-state index contributed by atoms with van der Waals surface area (Å²) in [6.45, 7) is 1.15. The molecular formula is C24H24N4O2S2. The van der Waals surface area contributed by atoms with Crippen LogP contribution in [0.4, 0.5) is 5.13 Å². The molecule has 32 heavy (non-hydrogen) atoms. The highest BCUT2D eigenvalue weighted by Crippen LogP contribution is 2.29. The number of hydrogen-bond donors (Lipinski definition) is 1. The topological polar surface area (TPSA) is 75.2 Å². The zero-order chi connectivity index (χ0) is 22.2. The Kier molecular flexibility index (Phi) is 7.68. The number of hydrogen-bond acceptors (Lipinski definition) is 6. The van der Waals surface area contributed by atoms with Crippen molar-refractivity contribution in [2.24, 2.45) is 5.92 Å². The summed E-state index contributed by atoms with van der Waals surface area (Å²) in [5, 5.41) is 11.7. The number of thioether (sulfide) groups is 1. The Morgan fingerprint density at radius 2 is 1.72 bits per heavy atom. The molecule has 0 saturated carbocycles. The minimum atomic E-state index is -0.124. The molecule has 2 aromatic carbocycles. The van der Waals surface area contributed by atoms with Gasteiger partial charge in [-0.25, -0.2) is 0 Å². The first kappa shape index (κ1) is 22.2. The van der Waals surface area contributed by atoms with Gasteiger partial charge in [0.2, 0.25) is 16.9 Å². The van der Waals surface area contributed by atoms with Gasteiger partial charge in [0.15, 0.2) is 4.34 Å². The fourth-order valence-corrected chi connectivity index (χ4v) is 5.16. The van der Waals surface area contributed by atoms with Gasteiger partial charge in [0.1, 0.15) is 0 Å². The number of aromatic nitrogens is 2. The largest absolute Gasteiger partial charge is 0.339 e. The van der Waals surface area contributed by atoms with Crippen LogP contribution in [-0.4, -0.2) is 40.0 Å². The first-order chi connectivity index (χ1) is 15.7. The van der Waals surface area contributed by atoms with Crippen LogP contribution < -0.4 is 5.32 Å². The summed E-state index contributed by atoms with van der Waals surface area (Å²) in [5.41, 5.74) is 2.21. The zero-order valence-electron chi connectivity index (χ0n) is 17.5. The lowest BCUT2D eigenvalue weighted by Crippen LogP contribution is -2.40. The van der Waals surface area contributed by atoms with Crippen LogP contribution >= 0.6 is 23.1 Å². The average molecular weight is 465 g/mol. The van der Waals surface area contributed by atoms with E-state index in [0.717, 1.165) is 15.7 Å². The molecule has 1 fully saturated rings. The predicted molar refractivity (Wildman–Crippen MR) is 129 cm³/mol. The first-order valence-corrected chi connectivity index (χ1v) is 12.3. The standard InChI is InChI=1S/C24H24N4O2S2/c29-21(12-11-18-7-3-1-4-8-18)28-15-13-20(14-16-28)22(30)25-23-26-27-24(32-23)31-17-19-9-5-2-6-10-19/h1-12,20H,13-17H2,(H,25,26,30)/b12-11+. The summed E-state index contributed by atoms with van der Waals surface area (Å²) < 4.78 is 0.828. The van der Waals surface area contributed by atoms with Crippen LogP contribution in [0.3, 0.4) is 0 Å². The Bertz CT molecular complexity index is 1060. The molecule has 0 unspecified atom stereocenters. The van der Waals surface area contributed by atoms with E-state index in [1.807, 2.05) is 54.6 Å². The number of benzene rings is 2. The maximum Gasteiger partial charge on any atom is 0.246 e. The van der Waals surface area contributed by atoms with Gasteiger partial charge in [0, 0.05) is 30.8 Å². The number of amides is 2. The third kappa shape index (κ3) is 6.27. The van der Waals surface area contributed by atoms with Gasteiger partial charge in [-0.2, -0.15) is 0 Å². The molecule has 0 spiro atoms. The number of piperidine rings is 1. The molecule has 0 atom stereocenters. The molecular weight excluding hydrogens is 440 g/mol. The van der Waals surface area contributed by atoms with Crippen molar-refractivity contribution in [2.75, 3.05) is 18.4 Å². The average Bonchev–Trinajstić information content (AvgIpc) is 3.30. The van der Waals surface area contributed by atoms with Gasteiger partial charge in [0.25, 0.3) is 0 Å². The summed E-state index contributed by atoms with van der Waals surface area (Å²) >= 11 is 3.00. The fraction of sp³-hybridized carbons (Fsp3) is 0.250. The van der Waals surface area contributed by atoms with Crippen LogP contribution in [0.25, 0.3) is 6.08 Å². The van der Waals surface area contributed by atoms with Crippen LogP contribution in [0, 0.1) is 5.92 Å². The lowest BCUT2D eigenvalue weighted by molar-refractivity contribution is -0.130. The number of nitrogens with zero attached hydrogens (tertiary/aromatic N) is 3. The van der Waals surface area contributed by atoms with E-state index < -0.39 is 0 Å². The highest BCUT2D eigenvalue weighted by Gasteiger charge is 2.27. The van der Waals surface area contributed by atoms with Crippen molar-refractivity contribution in [3.63, 3.8) is 0 Å². The number of anilines is 1. The van der Waals surface area contributed by atoms with Crippen molar-refractivity contribution in [3.05, 3.63) is 77.9 Å². The second-order valence-electron chi connectivity index (χ2n) is 7.48. The smallest absolute Gasteiger partial charge is 0.246 e. The fourth-order valence-electron chi connectivity index (χ4n) is 3.44. The van der Waals surface area contributed by atoms with Crippen molar-refractivity contribution in [1.82, 2.24) is 15.1 Å². The molecule has 0 bridgehead atoms. The lowest BCUT2D eigenvalue weighted by Gasteiger charge is -2.30. The second-order valence-corrected chi connectivity index (χ2v) is 9.68. The number of likely N-dealkylation sites (tertiary alicyclic amines) is 1. The molecule has 164 valence electrons. The van der Waals surface area contributed by atoms with Crippen LogP contribution in [0.1, 0.15) is 24.0 Å². The number of nitrogens with one attached hydrogen (secondary N) is 1. The van der Waals surface area contributed by atoms with E-state index in [9.17, 15) is 9.59 Å². The minimum absolute atomic E-state index is 0.0167. The molecule has 2 amide bonds. The van der Waals surface area contributed by atoms with Crippen molar-refractivity contribution in [1.29, 1.82) is 0 Å². The summed E-state index contributed by atoms with van der Waals surface area (Å²) in [6, 6.07) is 19.9. The molecule has 0 aliphatic carbocycles. The van der Waals surface area contributed by atoms with Crippen LogP contribution in [0.15, 0.2) is 71.1 Å². The predicted octanol–water partition coefficient (Wildman–Crippen LogP) is 4.72. The molecule has 0 radical (unpaired) electrons. The summed E-state index contributed by atoms with van der Waals surface area (Å²) in [7, 11) is 0. The zero-order valence-corrected chi connectivity index (χ0v) is 19.1. The monoisotopic (exact) mass is 464 g/mol. The number of carbonyl (C=O) groups excluding carboxylic acids is 2. The van der Waals surface area contributed by atoms with Gasteiger partial charge in [-0.05, 0) is 30.0 Å². The van der Waals surface area contributed by atoms with E-state index in [1.165, 1.54) is 16.9 Å². The molecule has 1 aromatic heterocycles. The Balaban J connectivity index is 1.22. The van der Waals surface area contributed by atoms with Gasteiger partial charge in [-0.1, -0.05) is 83.8 Å². The normalized spacial score (nSPS) is 14.6. The SMILES string of the molecule is O=C(Nc1nnc(SCc2ccccc2)s1)C1CCN(C(=O)/C=C/c2ccccc2)CC1. The first-order valence-electron chi connectivity index (χ1n) is 10.5. The van der Waals surface area contributed by atoms with E-state index in [0.29, 0.717) is 31.1 Å². The Morgan fingerprint density at radius 1 is 1.03 bits per heavy atom. The van der Waals surface area contributed by atoms with Crippen LogP contribution in [-0.2, 0) is 15.3 Å². The van der Waals surface area contributed by atoms with Gasteiger partial charge in [-0.15, -0.1) is 10.2 Å². The van der Waals surface area contributed by atoms with E-state index in [-0.39, 0.29) is 17.7 Å². The minimum Gasteiger partial charge on any atom is -0.339 e. The van der Waals surface area contributed by atoms with Crippen LogP contribution in [0.2, 0.25) is 0 Å². The molecule has 4 rings (SSSR count). The Labute approximate surface area is 195 Å². The number of rotatable bonds is 7. The van der Waals surface area contributed by atoms with E-state index in [4.69, 9.17) is 0 Å². The van der Waals surface area contributed by atoms with E-state index >= 15 is 0 Å². The van der Waals surface area contributed by atoms with Crippen molar-refractivity contribution in [3.8, 4) is 0 Å². The lowest BCUT2D eigenvalue weighted by atomic mass is 9.96.